The normalized spacial score (nSPS) is 23.9. The van der Waals surface area contributed by atoms with E-state index in [-0.39, 0.29) is 11.4 Å². The molecule has 2 bridgehead atoms. The van der Waals surface area contributed by atoms with Gasteiger partial charge in [0.2, 0.25) is 0 Å². The van der Waals surface area contributed by atoms with Crippen LogP contribution in [-0.2, 0) is 0 Å². The van der Waals surface area contributed by atoms with Crippen LogP contribution < -0.4 is 4.90 Å². The topological polar surface area (TPSA) is 89.5 Å². The van der Waals surface area contributed by atoms with Crippen molar-refractivity contribution >= 4 is 17.1 Å². The maximum Gasteiger partial charge on any atom is 0.299 e. The van der Waals surface area contributed by atoms with Crippen LogP contribution in [-0.4, -0.2) is 23.4 Å². The molecule has 0 spiro atoms. The van der Waals surface area contributed by atoms with Gasteiger partial charge in [0.25, 0.3) is 11.4 Å². The standard InChI is InChI=1S/C17H21N3O4/c1-17(2)12-5-4-11(14(17)8-12)10-18(3)15-7-6-13(19(21)22)9-16(15)20(23)24/h4,6-7,9,12,14H,5,8,10H2,1-3H3. The summed E-state index contributed by atoms with van der Waals surface area (Å²) in [7, 11) is 1.80. The van der Waals surface area contributed by atoms with Gasteiger partial charge in [0.1, 0.15) is 5.69 Å². The zero-order chi connectivity index (χ0) is 17.6. The predicted molar refractivity (Wildman–Crippen MR) is 91.1 cm³/mol. The van der Waals surface area contributed by atoms with Crippen LogP contribution in [0.15, 0.2) is 29.8 Å². The van der Waals surface area contributed by atoms with Crippen LogP contribution in [0.4, 0.5) is 17.1 Å². The monoisotopic (exact) mass is 331 g/mol. The third-order valence-electron chi connectivity index (χ3n) is 5.78. The van der Waals surface area contributed by atoms with Gasteiger partial charge < -0.3 is 4.90 Å². The highest BCUT2D eigenvalue weighted by atomic mass is 16.6. The molecule has 0 saturated heterocycles. The second kappa shape index (κ2) is 5.58. The number of anilines is 1. The Bertz CT molecular complexity index is 741. The number of nitrogens with zero attached hydrogens (tertiary/aromatic N) is 3. The second-order valence-corrected chi connectivity index (χ2v) is 7.36. The number of hydrogen-bond donors (Lipinski definition) is 0. The average Bonchev–Trinajstić information content (AvgIpc) is 2.53. The van der Waals surface area contributed by atoms with Crippen molar-refractivity contribution in [3.63, 3.8) is 0 Å². The summed E-state index contributed by atoms with van der Waals surface area (Å²) in [6, 6.07) is 3.82. The molecule has 0 radical (unpaired) electrons. The number of hydrogen-bond acceptors (Lipinski definition) is 5. The summed E-state index contributed by atoms with van der Waals surface area (Å²) in [5.74, 6) is 1.26. The number of rotatable bonds is 5. The van der Waals surface area contributed by atoms with Crippen LogP contribution in [0.1, 0.15) is 26.7 Å². The van der Waals surface area contributed by atoms with Gasteiger partial charge in [-0.15, -0.1) is 0 Å². The first-order valence-electron chi connectivity index (χ1n) is 8.04. The molecule has 2 unspecified atom stereocenters. The number of fused-ring (bicyclic) bond motifs is 1. The highest BCUT2D eigenvalue weighted by Crippen LogP contribution is 2.59. The van der Waals surface area contributed by atoms with Gasteiger partial charge in [0, 0.05) is 19.7 Å². The first-order chi connectivity index (χ1) is 11.2. The van der Waals surface area contributed by atoms with Gasteiger partial charge in [0.15, 0.2) is 0 Å². The summed E-state index contributed by atoms with van der Waals surface area (Å²) < 4.78 is 0. The van der Waals surface area contributed by atoms with E-state index in [2.05, 4.69) is 19.9 Å². The summed E-state index contributed by atoms with van der Waals surface area (Å²) >= 11 is 0. The molecule has 0 aromatic heterocycles. The van der Waals surface area contributed by atoms with Gasteiger partial charge in [0.05, 0.1) is 15.9 Å². The highest BCUT2D eigenvalue weighted by Gasteiger charge is 2.51. The molecular formula is C17H21N3O4. The van der Waals surface area contributed by atoms with Crippen molar-refractivity contribution in [2.75, 3.05) is 18.5 Å². The summed E-state index contributed by atoms with van der Waals surface area (Å²) in [6.45, 7) is 5.18. The number of non-ortho nitro benzene ring substituents is 1. The first kappa shape index (κ1) is 16.4. The predicted octanol–water partition coefficient (Wildman–Crippen LogP) is 3.93. The molecule has 0 amide bonds. The maximum atomic E-state index is 11.3. The van der Waals surface area contributed by atoms with Crippen LogP contribution in [0.2, 0.25) is 0 Å². The van der Waals surface area contributed by atoms with E-state index in [1.54, 1.807) is 7.05 Å². The van der Waals surface area contributed by atoms with Crippen molar-refractivity contribution in [3.8, 4) is 0 Å². The minimum atomic E-state index is -0.614. The van der Waals surface area contributed by atoms with Crippen molar-refractivity contribution in [1.82, 2.24) is 0 Å². The molecule has 0 N–H and O–H groups in total. The van der Waals surface area contributed by atoms with Crippen LogP contribution >= 0.6 is 0 Å². The second-order valence-electron chi connectivity index (χ2n) is 7.36. The Morgan fingerprint density at radius 1 is 1.25 bits per heavy atom. The van der Waals surface area contributed by atoms with Crippen molar-refractivity contribution in [1.29, 1.82) is 0 Å². The summed E-state index contributed by atoms with van der Waals surface area (Å²) in [6.07, 6.45) is 4.52. The van der Waals surface area contributed by atoms with E-state index in [4.69, 9.17) is 0 Å². The van der Waals surface area contributed by atoms with E-state index in [9.17, 15) is 20.2 Å². The molecule has 1 aromatic rings. The lowest BCUT2D eigenvalue weighted by atomic mass is 9.49. The Kier molecular flexibility index (Phi) is 3.81. The Hall–Kier alpha value is -2.44. The third kappa shape index (κ3) is 2.53. The molecule has 4 rings (SSSR count). The fraction of sp³-hybridized carbons (Fsp3) is 0.529. The Balaban J connectivity index is 1.85. The van der Waals surface area contributed by atoms with Gasteiger partial charge in [-0.1, -0.05) is 25.5 Å². The SMILES string of the molecule is CN(CC1=CCC2CC1C2(C)C)c1ccc([N+](=O)[O-])cc1[N+](=O)[O-]. The van der Waals surface area contributed by atoms with Crippen molar-refractivity contribution in [2.24, 2.45) is 17.3 Å². The Morgan fingerprint density at radius 2 is 1.96 bits per heavy atom. The van der Waals surface area contributed by atoms with Gasteiger partial charge in [-0.25, -0.2) is 0 Å². The fourth-order valence-corrected chi connectivity index (χ4v) is 4.11. The molecule has 1 fully saturated rings. The first-order valence-corrected chi connectivity index (χ1v) is 8.04. The van der Waals surface area contributed by atoms with Crippen LogP contribution in [0.5, 0.6) is 0 Å². The van der Waals surface area contributed by atoms with Crippen molar-refractivity contribution in [3.05, 3.63) is 50.1 Å². The lowest BCUT2D eigenvalue weighted by Crippen LogP contribution is -2.49. The number of nitro groups is 2. The molecule has 3 aliphatic carbocycles. The molecule has 24 heavy (non-hydrogen) atoms. The molecule has 3 aliphatic rings. The van der Waals surface area contributed by atoms with Crippen LogP contribution in [0, 0.1) is 37.5 Å². The smallest absolute Gasteiger partial charge is 0.299 e. The van der Waals surface area contributed by atoms with E-state index in [1.165, 1.54) is 24.1 Å². The van der Waals surface area contributed by atoms with E-state index >= 15 is 0 Å². The molecule has 7 heteroatoms. The largest absolute Gasteiger partial charge is 0.365 e. The zero-order valence-corrected chi connectivity index (χ0v) is 14.1. The van der Waals surface area contributed by atoms with Gasteiger partial charge in [-0.05, 0) is 36.2 Å². The van der Waals surface area contributed by atoms with Gasteiger partial charge >= 0.3 is 0 Å². The van der Waals surface area contributed by atoms with Gasteiger partial charge in [-0.2, -0.15) is 0 Å². The number of benzene rings is 1. The minimum Gasteiger partial charge on any atom is -0.365 e. The molecule has 2 atom stereocenters. The van der Waals surface area contributed by atoms with Crippen molar-refractivity contribution in [2.45, 2.75) is 26.7 Å². The van der Waals surface area contributed by atoms with E-state index in [0.717, 1.165) is 18.4 Å². The van der Waals surface area contributed by atoms with E-state index < -0.39 is 9.85 Å². The third-order valence-corrected chi connectivity index (χ3v) is 5.78. The molecule has 128 valence electrons. The summed E-state index contributed by atoms with van der Waals surface area (Å²) in [5.41, 5.74) is 1.53. The fourth-order valence-electron chi connectivity index (χ4n) is 4.11. The van der Waals surface area contributed by atoms with Crippen molar-refractivity contribution < 1.29 is 9.85 Å². The van der Waals surface area contributed by atoms with Crippen LogP contribution in [0.25, 0.3) is 0 Å². The lowest BCUT2D eigenvalue weighted by Gasteiger charge is -2.57. The molecule has 1 aromatic carbocycles. The Morgan fingerprint density at radius 3 is 2.50 bits per heavy atom. The molecule has 0 heterocycles. The average molecular weight is 331 g/mol. The quantitative estimate of drug-likeness (QED) is 0.463. The molecule has 7 nitrogen and oxygen atoms in total. The van der Waals surface area contributed by atoms with E-state index in [1.807, 2.05) is 4.90 Å². The Labute approximate surface area is 140 Å². The molecular weight excluding hydrogens is 310 g/mol. The lowest BCUT2D eigenvalue weighted by molar-refractivity contribution is -0.393. The van der Waals surface area contributed by atoms with Crippen LogP contribution in [0.3, 0.4) is 0 Å². The molecule has 1 saturated carbocycles. The minimum absolute atomic E-state index is 0.228. The van der Waals surface area contributed by atoms with Gasteiger partial charge in [-0.3, -0.25) is 20.2 Å². The number of nitro benzene ring substituents is 2. The molecule has 0 aliphatic heterocycles. The summed E-state index contributed by atoms with van der Waals surface area (Å²) in [5, 5.41) is 22.2. The number of allylic oxidation sites excluding steroid dienone is 1. The summed E-state index contributed by atoms with van der Waals surface area (Å²) in [4.78, 5) is 22.8. The van der Waals surface area contributed by atoms with E-state index in [0.29, 0.717) is 23.6 Å². The number of likely N-dealkylation sites (N-methyl/N-ethyl adjacent to an activating group) is 1. The zero-order valence-electron chi connectivity index (χ0n) is 14.1. The highest BCUT2D eigenvalue weighted by molar-refractivity contribution is 5.67. The maximum absolute atomic E-state index is 11.3.